The predicted molar refractivity (Wildman–Crippen MR) is 355 cm³/mol. The van der Waals surface area contributed by atoms with Gasteiger partial charge in [-0.3, -0.25) is 0 Å². The molecule has 17 rings (SSSR count). The van der Waals surface area contributed by atoms with Gasteiger partial charge in [-0.2, -0.15) is 0 Å². The Morgan fingerprint density at radius 2 is 0.988 bits per heavy atom. The quantitative estimate of drug-likeness (QED) is 0.166. The number of fused-ring (bicyclic) bond motifs is 20. The van der Waals surface area contributed by atoms with Crippen molar-refractivity contribution in [3.8, 4) is 55.6 Å². The van der Waals surface area contributed by atoms with E-state index in [9.17, 15) is 0 Å². The fourth-order valence-electron chi connectivity index (χ4n) is 16.1. The lowest BCUT2D eigenvalue weighted by molar-refractivity contribution is 0.590. The molecule has 0 radical (unpaired) electrons. The fourth-order valence-corrected chi connectivity index (χ4v) is 16.1. The van der Waals surface area contributed by atoms with Crippen molar-refractivity contribution in [2.45, 2.75) is 103 Å². The molecule has 2 heterocycles. The minimum Gasteiger partial charge on any atom is -0.456 e. The Balaban J connectivity index is 0.797. The van der Waals surface area contributed by atoms with Crippen LogP contribution in [-0.4, -0.2) is 0 Å². The number of anilines is 3. The molecule has 0 aliphatic heterocycles. The van der Waals surface area contributed by atoms with E-state index >= 15 is 0 Å². The van der Waals surface area contributed by atoms with Crippen molar-refractivity contribution in [2.24, 2.45) is 0 Å². The molecule has 3 nitrogen and oxygen atoms in total. The van der Waals surface area contributed by atoms with Crippen LogP contribution in [0.2, 0.25) is 0 Å². The molecule has 0 spiro atoms. The average Bonchev–Trinajstić information content (AvgIpc) is 1.58. The zero-order valence-corrected chi connectivity index (χ0v) is 50.0. The topological polar surface area (TPSA) is 29.5 Å². The molecule has 4 aliphatic rings. The van der Waals surface area contributed by atoms with Gasteiger partial charge in [-0.15, -0.1) is 0 Å². The summed E-state index contributed by atoms with van der Waals surface area (Å²) in [5.74, 6) is 0.415. The second kappa shape index (κ2) is 17.5. The van der Waals surface area contributed by atoms with Gasteiger partial charge in [0.2, 0.25) is 0 Å². The number of benzene rings is 11. The van der Waals surface area contributed by atoms with Crippen molar-refractivity contribution in [3.05, 3.63) is 268 Å². The maximum Gasteiger partial charge on any atom is 0.143 e. The van der Waals surface area contributed by atoms with Gasteiger partial charge in [0, 0.05) is 60.4 Å². The van der Waals surface area contributed by atoms with Crippen LogP contribution in [0.3, 0.4) is 0 Å². The molecule has 0 fully saturated rings. The van der Waals surface area contributed by atoms with Crippen molar-refractivity contribution < 1.29 is 8.83 Å². The number of nitrogens with zero attached hydrogens (tertiary/aromatic N) is 1. The van der Waals surface area contributed by atoms with Gasteiger partial charge in [0.15, 0.2) is 0 Å². The van der Waals surface area contributed by atoms with E-state index in [1.165, 1.54) is 122 Å². The smallest absolute Gasteiger partial charge is 0.143 e. The summed E-state index contributed by atoms with van der Waals surface area (Å²) in [6.07, 6.45) is 2.03. The molecule has 0 amide bonds. The second-order valence-electron chi connectivity index (χ2n) is 27.6. The summed E-state index contributed by atoms with van der Waals surface area (Å²) in [5.41, 5.74) is 32.8. The van der Waals surface area contributed by atoms with Crippen molar-refractivity contribution in [3.63, 3.8) is 0 Å². The van der Waals surface area contributed by atoms with Crippen LogP contribution < -0.4 is 4.90 Å². The molecular weight excluding hydrogens is 1030 g/mol. The van der Waals surface area contributed by atoms with E-state index < -0.39 is 0 Å². The minimum absolute atomic E-state index is 0.0125. The SMILES string of the molecule is CC(C)(C)c1ccc(N(c2ccc3c(c2)C(C)(C)c2cc4c(cc2-3)C(C)(C)c2ccc3oc5ccccc5c3c2-4)c2ccc3c(c2)C(C)(C)c2cc(-c4ccc5c(c4)-c4ccccc4C(Cc4ccccc4)C5)c4oc5ccccc5c4c2-3)cc1. The third kappa shape index (κ3) is 7.13. The van der Waals surface area contributed by atoms with Crippen molar-refractivity contribution in [2.75, 3.05) is 4.90 Å². The largest absolute Gasteiger partial charge is 0.456 e. The number of rotatable bonds is 6. The Labute approximate surface area is 498 Å². The van der Waals surface area contributed by atoms with Gasteiger partial charge in [0.25, 0.3) is 0 Å². The highest BCUT2D eigenvalue weighted by atomic mass is 16.3. The first-order chi connectivity index (χ1) is 41.0. The highest BCUT2D eigenvalue weighted by Gasteiger charge is 2.44. The zero-order chi connectivity index (χ0) is 57.6. The molecule has 4 aliphatic carbocycles. The van der Waals surface area contributed by atoms with Crippen molar-refractivity contribution >= 4 is 60.9 Å². The lowest BCUT2D eigenvalue weighted by atomic mass is 9.75. The van der Waals surface area contributed by atoms with E-state index in [1.54, 1.807) is 0 Å². The number of hydrogen-bond donors (Lipinski definition) is 0. The van der Waals surface area contributed by atoms with E-state index in [2.05, 4.69) is 280 Å². The molecule has 1 unspecified atom stereocenters. The van der Waals surface area contributed by atoms with Crippen LogP contribution in [0.4, 0.5) is 17.1 Å². The normalized spacial score (nSPS) is 16.2. The van der Waals surface area contributed by atoms with E-state index in [-0.39, 0.29) is 21.7 Å². The van der Waals surface area contributed by atoms with Crippen LogP contribution in [0.1, 0.15) is 124 Å². The van der Waals surface area contributed by atoms with Crippen LogP contribution in [-0.2, 0) is 34.5 Å². The van der Waals surface area contributed by atoms with Crippen LogP contribution in [0.5, 0.6) is 0 Å². The molecule has 13 aromatic rings. The van der Waals surface area contributed by atoms with Gasteiger partial charge >= 0.3 is 0 Å². The van der Waals surface area contributed by atoms with E-state index in [0.717, 1.165) is 63.2 Å². The Hall–Kier alpha value is -9.18. The van der Waals surface area contributed by atoms with Gasteiger partial charge < -0.3 is 13.7 Å². The number of hydrogen-bond acceptors (Lipinski definition) is 3. The average molecular weight is 1100 g/mol. The molecule has 412 valence electrons. The molecule has 2 aromatic heterocycles. The first-order valence-electron chi connectivity index (χ1n) is 30.6. The molecule has 3 heteroatoms. The monoisotopic (exact) mass is 1100 g/mol. The molecular formula is C82H67NO2. The van der Waals surface area contributed by atoms with Gasteiger partial charge in [0.05, 0.1) is 0 Å². The summed E-state index contributed by atoms with van der Waals surface area (Å²) < 4.78 is 13.6. The van der Waals surface area contributed by atoms with Crippen LogP contribution in [0, 0.1) is 0 Å². The lowest BCUT2D eigenvalue weighted by Gasteiger charge is -2.30. The fraction of sp³-hybridized carbons (Fsp3) is 0.195. The minimum atomic E-state index is -0.349. The standard InChI is InChI=1S/C82H67NO2/c1-79(2,3)51-29-31-52(32-30-51)83(53-33-35-57-63-45-69-64(46-68(63)81(6,7)66(57)42-53)75-65(80(69,4)5)37-38-73-76(75)59-23-15-17-25-71(59)84-73)54-34-36-58-67(43-54)82(8,9)70-44-62(78-77(74(58)70)60-24-16-18-26-72(60)85-78)49-28-27-48-40-50(39-47-19-11-10-12-20-47)55-21-13-14-22-56(55)61(48)41-49/h10-38,41-46,50H,39-40H2,1-9H3. The van der Waals surface area contributed by atoms with Crippen molar-refractivity contribution in [1.29, 1.82) is 0 Å². The molecule has 85 heavy (non-hydrogen) atoms. The van der Waals surface area contributed by atoms with E-state index in [4.69, 9.17) is 8.83 Å². The highest BCUT2D eigenvalue weighted by molar-refractivity contribution is 6.19. The maximum absolute atomic E-state index is 7.10. The Bertz CT molecular complexity index is 5010. The third-order valence-corrected chi connectivity index (χ3v) is 20.6. The summed E-state index contributed by atoms with van der Waals surface area (Å²) in [6, 6.07) is 80.4. The Kier molecular flexibility index (Phi) is 10.3. The summed E-state index contributed by atoms with van der Waals surface area (Å²) in [7, 11) is 0. The third-order valence-electron chi connectivity index (χ3n) is 20.6. The molecule has 0 saturated heterocycles. The summed E-state index contributed by atoms with van der Waals surface area (Å²) in [6.45, 7) is 21.4. The first-order valence-corrected chi connectivity index (χ1v) is 30.6. The number of para-hydroxylation sites is 2. The summed E-state index contributed by atoms with van der Waals surface area (Å²) >= 11 is 0. The van der Waals surface area contributed by atoms with Gasteiger partial charge in [-0.25, -0.2) is 0 Å². The molecule has 1 atom stereocenters. The number of furan rings is 2. The highest BCUT2D eigenvalue weighted by Crippen LogP contribution is 2.61. The van der Waals surface area contributed by atoms with Gasteiger partial charge in [-0.1, -0.05) is 196 Å². The molecule has 11 aromatic carbocycles. The Morgan fingerprint density at radius 1 is 0.412 bits per heavy atom. The summed E-state index contributed by atoms with van der Waals surface area (Å²) in [5, 5.41) is 4.75. The van der Waals surface area contributed by atoms with Crippen molar-refractivity contribution in [1.82, 2.24) is 0 Å². The predicted octanol–water partition coefficient (Wildman–Crippen LogP) is 22.4. The molecule has 0 N–H and O–H groups in total. The second-order valence-corrected chi connectivity index (χ2v) is 27.6. The van der Waals surface area contributed by atoms with Crippen LogP contribution in [0.15, 0.2) is 221 Å². The maximum atomic E-state index is 7.10. The van der Waals surface area contributed by atoms with E-state index in [1.807, 2.05) is 0 Å². The molecule has 0 bridgehead atoms. The van der Waals surface area contributed by atoms with E-state index in [0.29, 0.717) is 5.92 Å². The first kappa shape index (κ1) is 50.3. The van der Waals surface area contributed by atoms with Gasteiger partial charge in [0.1, 0.15) is 22.3 Å². The van der Waals surface area contributed by atoms with Crippen LogP contribution in [0.25, 0.3) is 99.5 Å². The van der Waals surface area contributed by atoms with Gasteiger partial charge in [-0.05, 0) is 209 Å². The molecule has 0 saturated carbocycles. The zero-order valence-electron chi connectivity index (χ0n) is 50.0. The lowest BCUT2D eigenvalue weighted by Crippen LogP contribution is -2.18. The Morgan fingerprint density at radius 3 is 1.74 bits per heavy atom. The summed E-state index contributed by atoms with van der Waals surface area (Å²) in [4.78, 5) is 2.51. The van der Waals surface area contributed by atoms with Crippen LogP contribution >= 0.6 is 0 Å².